The monoisotopic (exact) mass is 583 g/mol. The lowest BCUT2D eigenvalue weighted by Gasteiger charge is -2.14. The third-order valence-corrected chi connectivity index (χ3v) is 6.04. The predicted molar refractivity (Wildman–Crippen MR) is 132 cm³/mol. The van der Waals surface area contributed by atoms with Gasteiger partial charge in [-0.2, -0.15) is 9.78 Å². The zero-order valence-electron chi connectivity index (χ0n) is 17.3. The average molecular weight is 584 g/mol. The van der Waals surface area contributed by atoms with Crippen LogP contribution < -0.4 is 15.0 Å². The van der Waals surface area contributed by atoms with Gasteiger partial charge in [0, 0.05) is 10.4 Å². The molecule has 158 valence electrons. The molecule has 2 aromatic carbocycles. The zero-order chi connectivity index (χ0) is 21.8. The average Bonchev–Trinajstić information content (AvgIpc) is 2.74. The first-order valence-corrected chi connectivity index (χ1v) is 11.5. The molecule has 0 amide bonds. The van der Waals surface area contributed by atoms with Gasteiger partial charge in [0.2, 0.25) is 0 Å². The SMILES string of the molecule is CCOc1c(I)cc(C=Nn2c([C@@H](C)CC)nc3ccc(Br)cc3c2=O)cc1OC. The molecule has 0 saturated carbocycles. The van der Waals surface area contributed by atoms with Gasteiger partial charge in [0.25, 0.3) is 5.56 Å². The van der Waals surface area contributed by atoms with Crippen LogP contribution in [0.1, 0.15) is 44.5 Å². The van der Waals surface area contributed by atoms with Crippen LogP contribution in [0.5, 0.6) is 11.5 Å². The van der Waals surface area contributed by atoms with E-state index in [2.05, 4.69) is 50.5 Å². The molecule has 6 nitrogen and oxygen atoms in total. The summed E-state index contributed by atoms with van der Waals surface area (Å²) in [5.74, 6) is 2.05. The first-order chi connectivity index (χ1) is 14.4. The fraction of sp³-hybridized carbons (Fsp3) is 0.318. The minimum Gasteiger partial charge on any atom is -0.493 e. The lowest BCUT2D eigenvalue weighted by Crippen LogP contribution is -2.23. The zero-order valence-corrected chi connectivity index (χ0v) is 21.0. The van der Waals surface area contributed by atoms with Crippen molar-refractivity contribution in [1.29, 1.82) is 0 Å². The molecule has 0 fully saturated rings. The molecular weight excluding hydrogens is 561 g/mol. The van der Waals surface area contributed by atoms with Gasteiger partial charge in [0.15, 0.2) is 11.5 Å². The Morgan fingerprint density at radius 3 is 2.73 bits per heavy atom. The summed E-state index contributed by atoms with van der Waals surface area (Å²) in [5.41, 5.74) is 1.28. The van der Waals surface area contributed by atoms with Crippen LogP contribution in [0.2, 0.25) is 0 Å². The molecule has 0 aliphatic rings. The summed E-state index contributed by atoms with van der Waals surface area (Å²) in [4.78, 5) is 17.9. The second kappa shape index (κ2) is 9.91. The van der Waals surface area contributed by atoms with Crippen molar-refractivity contribution >= 4 is 55.6 Å². The van der Waals surface area contributed by atoms with Gasteiger partial charge in [0.05, 0.1) is 34.4 Å². The summed E-state index contributed by atoms with van der Waals surface area (Å²) in [5, 5.41) is 5.04. The van der Waals surface area contributed by atoms with E-state index in [0.29, 0.717) is 34.8 Å². The number of ether oxygens (including phenoxy) is 2. The molecule has 1 heterocycles. The smallest absolute Gasteiger partial charge is 0.282 e. The van der Waals surface area contributed by atoms with Crippen LogP contribution in [0.25, 0.3) is 10.9 Å². The van der Waals surface area contributed by atoms with E-state index in [0.717, 1.165) is 20.0 Å². The van der Waals surface area contributed by atoms with Crippen molar-refractivity contribution in [2.75, 3.05) is 13.7 Å². The summed E-state index contributed by atoms with van der Waals surface area (Å²) < 4.78 is 14.3. The highest BCUT2D eigenvalue weighted by molar-refractivity contribution is 14.1. The van der Waals surface area contributed by atoms with Crippen LogP contribution >= 0.6 is 38.5 Å². The lowest BCUT2D eigenvalue weighted by molar-refractivity contribution is 0.308. The fourth-order valence-corrected chi connectivity index (χ4v) is 4.14. The van der Waals surface area contributed by atoms with E-state index >= 15 is 0 Å². The number of halogens is 2. The number of rotatable bonds is 7. The molecule has 8 heteroatoms. The number of hydrogen-bond donors (Lipinski definition) is 0. The van der Waals surface area contributed by atoms with Gasteiger partial charge in [-0.1, -0.05) is 29.8 Å². The highest BCUT2D eigenvalue weighted by atomic mass is 127. The molecule has 0 radical (unpaired) electrons. The summed E-state index contributed by atoms with van der Waals surface area (Å²) >= 11 is 5.64. The minimum atomic E-state index is -0.194. The quantitative estimate of drug-likeness (QED) is 0.269. The Kier molecular flexibility index (Phi) is 7.51. The van der Waals surface area contributed by atoms with Crippen molar-refractivity contribution in [2.45, 2.75) is 33.1 Å². The molecule has 0 aliphatic carbocycles. The van der Waals surface area contributed by atoms with Crippen molar-refractivity contribution in [3.63, 3.8) is 0 Å². The summed E-state index contributed by atoms with van der Waals surface area (Å²) in [6.07, 6.45) is 2.50. The van der Waals surface area contributed by atoms with E-state index in [1.54, 1.807) is 19.4 Å². The minimum absolute atomic E-state index is 0.0814. The van der Waals surface area contributed by atoms with Crippen molar-refractivity contribution in [3.05, 3.63) is 60.1 Å². The molecule has 3 aromatic rings. The van der Waals surface area contributed by atoms with Crippen molar-refractivity contribution < 1.29 is 9.47 Å². The van der Waals surface area contributed by atoms with Gasteiger partial charge in [-0.15, -0.1) is 0 Å². The number of benzene rings is 2. The third-order valence-electron chi connectivity index (χ3n) is 4.75. The molecule has 0 saturated heterocycles. The van der Waals surface area contributed by atoms with Gasteiger partial charge in [-0.05, 0) is 71.8 Å². The number of hydrogen-bond acceptors (Lipinski definition) is 5. The molecule has 0 spiro atoms. The highest BCUT2D eigenvalue weighted by Gasteiger charge is 2.16. The van der Waals surface area contributed by atoms with Crippen LogP contribution in [0.4, 0.5) is 0 Å². The molecular formula is C22H23BrIN3O3. The Hall–Kier alpha value is -1.94. The van der Waals surface area contributed by atoms with Gasteiger partial charge in [-0.25, -0.2) is 4.98 Å². The second-order valence-corrected chi connectivity index (χ2v) is 8.85. The summed E-state index contributed by atoms with van der Waals surface area (Å²) in [6.45, 7) is 6.59. The fourth-order valence-electron chi connectivity index (χ4n) is 3.00. The molecule has 0 unspecified atom stereocenters. The maximum absolute atomic E-state index is 13.2. The van der Waals surface area contributed by atoms with E-state index < -0.39 is 0 Å². The van der Waals surface area contributed by atoms with Crippen LogP contribution in [-0.4, -0.2) is 29.6 Å². The Labute approximate surface area is 197 Å². The van der Waals surface area contributed by atoms with E-state index in [-0.39, 0.29) is 11.5 Å². The third kappa shape index (κ3) is 4.69. The van der Waals surface area contributed by atoms with E-state index in [1.807, 2.05) is 38.1 Å². The van der Waals surface area contributed by atoms with Gasteiger partial charge >= 0.3 is 0 Å². The number of methoxy groups -OCH3 is 1. The highest BCUT2D eigenvalue weighted by Crippen LogP contribution is 2.33. The molecule has 1 aromatic heterocycles. The first-order valence-electron chi connectivity index (χ1n) is 9.66. The topological polar surface area (TPSA) is 65.7 Å². The summed E-state index contributed by atoms with van der Waals surface area (Å²) in [6, 6.07) is 9.30. The Bertz CT molecular complexity index is 1160. The number of nitrogens with zero attached hydrogens (tertiary/aromatic N) is 3. The molecule has 1 atom stereocenters. The number of aromatic nitrogens is 2. The standard InChI is InChI=1S/C22H23BrIN3O3/c1-5-13(3)21-26-18-8-7-15(23)11-16(18)22(28)27(21)25-12-14-9-17(24)20(30-6-2)19(10-14)29-4/h7-13H,5-6H2,1-4H3/t13-/m0/s1. The van der Waals surface area contributed by atoms with E-state index in [9.17, 15) is 4.79 Å². The lowest BCUT2D eigenvalue weighted by atomic mass is 10.1. The summed E-state index contributed by atoms with van der Waals surface area (Å²) in [7, 11) is 1.60. The normalized spacial score (nSPS) is 12.5. The number of fused-ring (bicyclic) bond motifs is 1. The van der Waals surface area contributed by atoms with Gasteiger partial charge in [0.1, 0.15) is 5.82 Å². The van der Waals surface area contributed by atoms with Crippen LogP contribution in [-0.2, 0) is 0 Å². The van der Waals surface area contributed by atoms with Crippen molar-refractivity contribution in [3.8, 4) is 11.5 Å². The van der Waals surface area contributed by atoms with Crippen LogP contribution in [0, 0.1) is 3.57 Å². The van der Waals surface area contributed by atoms with Gasteiger partial charge in [-0.3, -0.25) is 4.79 Å². The maximum atomic E-state index is 13.2. The Morgan fingerprint density at radius 2 is 2.07 bits per heavy atom. The van der Waals surface area contributed by atoms with Crippen molar-refractivity contribution in [1.82, 2.24) is 9.66 Å². The molecule has 0 aliphatic heterocycles. The molecule has 0 bridgehead atoms. The molecule has 0 N–H and O–H groups in total. The molecule has 3 rings (SSSR count). The van der Waals surface area contributed by atoms with E-state index in [1.165, 1.54) is 4.68 Å². The second-order valence-electron chi connectivity index (χ2n) is 6.77. The van der Waals surface area contributed by atoms with Gasteiger partial charge < -0.3 is 9.47 Å². The first kappa shape index (κ1) is 22.7. The molecule has 30 heavy (non-hydrogen) atoms. The van der Waals surface area contributed by atoms with Crippen molar-refractivity contribution in [2.24, 2.45) is 5.10 Å². The Balaban J connectivity index is 2.15. The maximum Gasteiger partial charge on any atom is 0.282 e. The Morgan fingerprint density at radius 1 is 1.30 bits per heavy atom. The van der Waals surface area contributed by atoms with Crippen LogP contribution in [0.3, 0.4) is 0 Å². The predicted octanol–water partition coefficient (Wildman–Crippen LogP) is 5.57. The largest absolute Gasteiger partial charge is 0.493 e. The van der Waals surface area contributed by atoms with Crippen LogP contribution in [0.15, 0.2) is 44.7 Å². The van der Waals surface area contributed by atoms with E-state index in [4.69, 9.17) is 14.5 Å².